The number of hydrogen-bond donors (Lipinski definition) is 2. The molecule has 14 heavy (non-hydrogen) atoms. The first kappa shape index (κ1) is 11.4. The summed E-state index contributed by atoms with van der Waals surface area (Å²) in [6.07, 6.45) is 4.41. The molecule has 2 N–H and O–H groups in total. The van der Waals surface area contributed by atoms with E-state index < -0.39 is 0 Å². The second-order valence-electron chi connectivity index (χ2n) is 3.39. The highest BCUT2D eigenvalue weighted by Gasteiger charge is 2.05. The van der Waals surface area contributed by atoms with E-state index >= 15 is 0 Å². The van der Waals surface area contributed by atoms with Gasteiger partial charge >= 0.3 is 0 Å². The van der Waals surface area contributed by atoms with Crippen LogP contribution < -0.4 is 0 Å². The summed E-state index contributed by atoms with van der Waals surface area (Å²) in [5, 5.41) is 18.5. The largest absolute Gasteiger partial charge is 0.504 e. The van der Waals surface area contributed by atoms with Crippen LogP contribution in [-0.4, -0.2) is 10.2 Å². The van der Waals surface area contributed by atoms with E-state index in [0.29, 0.717) is 0 Å². The monoisotopic (exact) mass is 258 g/mol. The van der Waals surface area contributed by atoms with Crippen LogP contribution in [0.4, 0.5) is 0 Å². The Morgan fingerprint density at radius 1 is 1.14 bits per heavy atom. The number of hydrogen-bond acceptors (Lipinski definition) is 2. The van der Waals surface area contributed by atoms with Crippen LogP contribution in [0.15, 0.2) is 16.6 Å². The number of phenolic OH excluding ortho intramolecular Hbond substituents is 2. The lowest BCUT2D eigenvalue weighted by Gasteiger charge is -2.06. The van der Waals surface area contributed by atoms with E-state index in [0.717, 1.165) is 22.9 Å². The third-order valence-corrected chi connectivity index (χ3v) is 2.93. The molecule has 0 radical (unpaired) electrons. The maximum Gasteiger partial charge on any atom is 0.158 e. The molecule has 78 valence electrons. The van der Waals surface area contributed by atoms with E-state index in [4.69, 9.17) is 0 Å². The standard InChI is InChI=1S/C11H15BrO2/c1-2-3-4-5-8-6-10(13)11(14)7-9(8)12/h6-7,13-14H,2-5H2,1H3. The molecule has 0 bridgehead atoms. The normalized spacial score (nSPS) is 10.4. The van der Waals surface area contributed by atoms with Gasteiger partial charge in [-0.3, -0.25) is 0 Å². The van der Waals surface area contributed by atoms with Crippen molar-refractivity contribution in [2.75, 3.05) is 0 Å². The number of rotatable bonds is 4. The SMILES string of the molecule is CCCCCc1cc(O)c(O)cc1Br. The number of aromatic hydroxyl groups is 2. The zero-order valence-corrected chi connectivity index (χ0v) is 9.84. The summed E-state index contributed by atoms with van der Waals surface area (Å²) in [7, 11) is 0. The van der Waals surface area contributed by atoms with Crippen molar-refractivity contribution >= 4 is 15.9 Å². The zero-order valence-electron chi connectivity index (χ0n) is 8.26. The summed E-state index contributed by atoms with van der Waals surface area (Å²) in [5.74, 6) is -0.115. The third-order valence-electron chi connectivity index (χ3n) is 2.19. The summed E-state index contributed by atoms with van der Waals surface area (Å²) < 4.78 is 0.865. The van der Waals surface area contributed by atoms with Gasteiger partial charge in [0, 0.05) is 4.47 Å². The fourth-order valence-corrected chi connectivity index (χ4v) is 1.88. The van der Waals surface area contributed by atoms with Crippen LogP contribution in [0.25, 0.3) is 0 Å². The molecule has 0 fully saturated rings. The van der Waals surface area contributed by atoms with Crippen molar-refractivity contribution in [1.29, 1.82) is 0 Å². The van der Waals surface area contributed by atoms with Gasteiger partial charge < -0.3 is 10.2 Å². The van der Waals surface area contributed by atoms with E-state index in [9.17, 15) is 10.2 Å². The first-order valence-corrected chi connectivity index (χ1v) is 5.64. The Morgan fingerprint density at radius 3 is 2.43 bits per heavy atom. The van der Waals surface area contributed by atoms with Gasteiger partial charge in [0.2, 0.25) is 0 Å². The minimum absolute atomic E-state index is 0.0419. The molecule has 0 saturated heterocycles. The highest BCUT2D eigenvalue weighted by atomic mass is 79.9. The van der Waals surface area contributed by atoms with Crippen LogP contribution in [0, 0.1) is 0 Å². The fraction of sp³-hybridized carbons (Fsp3) is 0.455. The minimum Gasteiger partial charge on any atom is -0.504 e. The lowest BCUT2D eigenvalue weighted by Crippen LogP contribution is -1.87. The molecule has 0 aromatic heterocycles. The molecule has 0 amide bonds. The smallest absolute Gasteiger partial charge is 0.158 e. The van der Waals surface area contributed by atoms with Crippen molar-refractivity contribution in [1.82, 2.24) is 0 Å². The van der Waals surface area contributed by atoms with Crippen molar-refractivity contribution in [2.45, 2.75) is 32.6 Å². The van der Waals surface area contributed by atoms with Gasteiger partial charge in [-0.15, -0.1) is 0 Å². The topological polar surface area (TPSA) is 40.5 Å². The van der Waals surface area contributed by atoms with E-state index in [1.54, 1.807) is 6.07 Å². The average molecular weight is 259 g/mol. The van der Waals surface area contributed by atoms with Gasteiger partial charge in [-0.05, 0) is 30.5 Å². The second-order valence-corrected chi connectivity index (χ2v) is 4.24. The summed E-state index contributed by atoms with van der Waals surface area (Å²) >= 11 is 3.36. The van der Waals surface area contributed by atoms with Gasteiger partial charge in [-0.1, -0.05) is 35.7 Å². The summed E-state index contributed by atoms with van der Waals surface area (Å²) in [5.41, 5.74) is 1.05. The Morgan fingerprint density at radius 2 is 1.79 bits per heavy atom. The summed E-state index contributed by atoms with van der Waals surface area (Å²) in [4.78, 5) is 0. The third kappa shape index (κ3) is 2.91. The van der Waals surface area contributed by atoms with Crippen LogP contribution in [0.1, 0.15) is 31.7 Å². The van der Waals surface area contributed by atoms with Crippen LogP contribution in [0.3, 0.4) is 0 Å². The molecule has 0 saturated carbocycles. The zero-order chi connectivity index (χ0) is 10.6. The van der Waals surface area contributed by atoms with Gasteiger partial charge in [-0.25, -0.2) is 0 Å². The maximum atomic E-state index is 9.31. The first-order chi connectivity index (χ1) is 6.65. The number of benzene rings is 1. The van der Waals surface area contributed by atoms with Crippen molar-refractivity contribution in [2.24, 2.45) is 0 Å². The van der Waals surface area contributed by atoms with Crippen LogP contribution >= 0.6 is 15.9 Å². The Balaban J connectivity index is 2.72. The van der Waals surface area contributed by atoms with Gasteiger partial charge in [-0.2, -0.15) is 0 Å². The highest BCUT2D eigenvalue weighted by Crippen LogP contribution is 2.32. The van der Waals surface area contributed by atoms with E-state index in [-0.39, 0.29) is 11.5 Å². The molecule has 3 heteroatoms. The van der Waals surface area contributed by atoms with E-state index in [2.05, 4.69) is 22.9 Å². The van der Waals surface area contributed by atoms with E-state index in [1.165, 1.54) is 18.9 Å². The summed E-state index contributed by atoms with van der Waals surface area (Å²) in [6, 6.07) is 3.16. The van der Waals surface area contributed by atoms with Crippen LogP contribution in [0.2, 0.25) is 0 Å². The quantitative estimate of drug-likeness (QED) is 0.640. The van der Waals surface area contributed by atoms with Gasteiger partial charge in [0.1, 0.15) is 0 Å². The highest BCUT2D eigenvalue weighted by molar-refractivity contribution is 9.10. The molecule has 0 unspecified atom stereocenters. The number of phenols is 2. The molecule has 1 aromatic carbocycles. The van der Waals surface area contributed by atoms with Crippen LogP contribution in [-0.2, 0) is 6.42 Å². The Hall–Kier alpha value is -0.700. The molecule has 0 aliphatic rings. The number of unbranched alkanes of at least 4 members (excludes halogenated alkanes) is 2. The van der Waals surface area contributed by atoms with E-state index in [1.807, 2.05) is 0 Å². The number of aryl methyl sites for hydroxylation is 1. The molecule has 1 rings (SSSR count). The Labute approximate surface area is 92.7 Å². The molecule has 1 aromatic rings. The minimum atomic E-state index is -0.0730. The molecule has 0 heterocycles. The Bertz CT molecular complexity index is 310. The van der Waals surface area contributed by atoms with Crippen molar-refractivity contribution in [3.05, 3.63) is 22.2 Å². The first-order valence-electron chi connectivity index (χ1n) is 4.85. The summed E-state index contributed by atoms with van der Waals surface area (Å²) in [6.45, 7) is 2.16. The number of halogens is 1. The predicted octanol–water partition coefficient (Wildman–Crippen LogP) is 3.59. The molecule has 0 spiro atoms. The molecule has 0 aliphatic heterocycles. The Kier molecular flexibility index (Phi) is 4.26. The lowest BCUT2D eigenvalue weighted by atomic mass is 10.1. The fourth-order valence-electron chi connectivity index (χ4n) is 1.35. The molecule has 0 aliphatic carbocycles. The van der Waals surface area contributed by atoms with Gasteiger partial charge in [0.15, 0.2) is 11.5 Å². The van der Waals surface area contributed by atoms with Gasteiger partial charge in [0.05, 0.1) is 0 Å². The molecular formula is C11H15BrO2. The van der Waals surface area contributed by atoms with Crippen molar-refractivity contribution in [3.8, 4) is 11.5 Å². The van der Waals surface area contributed by atoms with Gasteiger partial charge in [0.25, 0.3) is 0 Å². The average Bonchev–Trinajstić information content (AvgIpc) is 2.14. The predicted molar refractivity (Wildman–Crippen MR) is 60.7 cm³/mol. The molecule has 0 atom stereocenters. The van der Waals surface area contributed by atoms with Crippen LogP contribution in [0.5, 0.6) is 11.5 Å². The molecule has 2 nitrogen and oxygen atoms in total. The second kappa shape index (κ2) is 5.25. The van der Waals surface area contributed by atoms with Crippen molar-refractivity contribution in [3.63, 3.8) is 0 Å². The lowest BCUT2D eigenvalue weighted by molar-refractivity contribution is 0.402. The van der Waals surface area contributed by atoms with Crippen molar-refractivity contribution < 1.29 is 10.2 Å². The maximum absolute atomic E-state index is 9.31. The molecular weight excluding hydrogens is 244 g/mol.